The zero-order chi connectivity index (χ0) is 28.1. The molecule has 0 aromatic rings. The fourth-order valence-electron chi connectivity index (χ4n) is 9.10. The highest BCUT2D eigenvalue weighted by Gasteiger charge is 2.60. The lowest BCUT2D eigenvalue weighted by Crippen LogP contribution is -2.54. The Bertz CT molecular complexity index is 1100. The van der Waals surface area contributed by atoms with Crippen molar-refractivity contribution >= 4 is 20.8 Å². The van der Waals surface area contributed by atoms with Crippen LogP contribution in [0.4, 0.5) is 0 Å². The van der Waals surface area contributed by atoms with Crippen LogP contribution in [0.25, 0.3) is 0 Å². The van der Waals surface area contributed by atoms with Gasteiger partial charge in [0, 0.05) is 0 Å². The van der Waals surface area contributed by atoms with Gasteiger partial charge in [-0.15, -0.1) is 0 Å². The zero-order valence-electron chi connectivity index (χ0n) is 23.1. The maximum Gasteiger partial charge on any atom is 0.397 e. The van der Waals surface area contributed by atoms with E-state index in [1.165, 1.54) is 0 Å². The monoisotopic (exact) mass is 578 g/mol. The van der Waals surface area contributed by atoms with Gasteiger partial charge in [0.15, 0.2) is 0 Å². The molecular formula is C27H46O9S2. The second kappa shape index (κ2) is 11.0. The standard InChI is InChI=1S/C27H46O9S2/c1-17(2)6-5-7-18(16-35-37(29,30)31)21-10-11-22-20-9-8-19-14-24(28)25(36-38(32,33)34)15-27(19,4)23(20)12-13-26(21,22)3/h8,17-18,20-25,28H,5-7,9-16H2,1-4H3,(H,29,30,31)(H,32,33,34)/t18-,20?,21+,22?,23?,24-,25?,26+,27-/m0/s1. The van der Waals surface area contributed by atoms with Crippen molar-refractivity contribution in [1.82, 2.24) is 0 Å². The molecule has 3 N–H and O–H groups in total. The van der Waals surface area contributed by atoms with Crippen LogP contribution in [0.3, 0.4) is 0 Å². The van der Waals surface area contributed by atoms with Crippen LogP contribution in [0.2, 0.25) is 0 Å². The van der Waals surface area contributed by atoms with Crippen molar-refractivity contribution in [3.8, 4) is 0 Å². The molecule has 0 aliphatic heterocycles. The van der Waals surface area contributed by atoms with Gasteiger partial charge in [0.25, 0.3) is 0 Å². The van der Waals surface area contributed by atoms with E-state index in [1.807, 2.05) is 0 Å². The van der Waals surface area contributed by atoms with Gasteiger partial charge in [-0.2, -0.15) is 16.8 Å². The van der Waals surface area contributed by atoms with Gasteiger partial charge in [0.2, 0.25) is 0 Å². The third-order valence-electron chi connectivity index (χ3n) is 10.8. The van der Waals surface area contributed by atoms with Crippen LogP contribution in [0, 0.1) is 46.3 Å². The first-order valence-electron chi connectivity index (χ1n) is 14.2. The van der Waals surface area contributed by atoms with Gasteiger partial charge >= 0.3 is 20.8 Å². The van der Waals surface area contributed by atoms with Crippen molar-refractivity contribution in [2.75, 3.05) is 6.61 Å². The Morgan fingerprint density at radius 3 is 2.37 bits per heavy atom. The molecule has 0 saturated heterocycles. The molecule has 4 aliphatic rings. The summed E-state index contributed by atoms with van der Waals surface area (Å²) < 4.78 is 74.2. The smallest absolute Gasteiger partial charge is 0.390 e. The predicted octanol–water partition coefficient (Wildman–Crippen LogP) is 4.99. The molecule has 3 saturated carbocycles. The highest BCUT2D eigenvalue weighted by Crippen LogP contribution is 2.67. The van der Waals surface area contributed by atoms with Crippen molar-refractivity contribution in [3.63, 3.8) is 0 Å². The summed E-state index contributed by atoms with van der Waals surface area (Å²) in [5.74, 6) is 2.05. The number of aliphatic hydroxyl groups is 1. The third kappa shape index (κ3) is 6.34. The summed E-state index contributed by atoms with van der Waals surface area (Å²) in [6.45, 7) is 8.88. The first-order valence-corrected chi connectivity index (χ1v) is 16.9. The van der Waals surface area contributed by atoms with Gasteiger partial charge in [0.05, 0.1) is 12.7 Å². The van der Waals surface area contributed by atoms with Gasteiger partial charge in [-0.1, -0.05) is 52.2 Å². The van der Waals surface area contributed by atoms with Crippen LogP contribution in [0.15, 0.2) is 11.6 Å². The first-order chi connectivity index (χ1) is 17.5. The molecule has 4 rings (SSSR count). The molecule has 4 unspecified atom stereocenters. The first kappa shape index (κ1) is 30.4. The van der Waals surface area contributed by atoms with E-state index in [1.54, 1.807) is 0 Å². The van der Waals surface area contributed by atoms with E-state index in [9.17, 15) is 31.0 Å². The Kier molecular flexibility index (Phi) is 8.82. The maximum absolute atomic E-state index is 11.5. The van der Waals surface area contributed by atoms with E-state index >= 15 is 0 Å². The second-order valence-electron chi connectivity index (χ2n) is 13.3. The quantitative estimate of drug-likeness (QED) is 0.241. The average Bonchev–Trinajstić information content (AvgIpc) is 3.12. The number of hydrogen-bond donors (Lipinski definition) is 3. The number of aliphatic hydroxyl groups excluding tert-OH is 1. The van der Waals surface area contributed by atoms with Gasteiger partial charge in [-0.05, 0) is 97.7 Å². The largest absolute Gasteiger partial charge is 0.397 e. The third-order valence-corrected chi connectivity index (χ3v) is 11.7. The van der Waals surface area contributed by atoms with E-state index in [0.29, 0.717) is 42.4 Å². The van der Waals surface area contributed by atoms with E-state index in [-0.39, 0.29) is 23.4 Å². The molecule has 0 aromatic carbocycles. The van der Waals surface area contributed by atoms with Crippen molar-refractivity contribution in [2.45, 2.75) is 104 Å². The number of rotatable bonds is 10. The lowest BCUT2D eigenvalue weighted by molar-refractivity contribution is -0.0853. The molecule has 220 valence electrons. The van der Waals surface area contributed by atoms with Crippen molar-refractivity contribution in [3.05, 3.63) is 11.6 Å². The lowest BCUT2D eigenvalue weighted by atomic mass is 9.46. The van der Waals surface area contributed by atoms with E-state index in [2.05, 4.69) is 33.8 Å². The molecule has 0 aromatic heterocycles. The zero-order valence-corrected chi connectivity index (χ0v) is 24.7. The summed E-state index contributed by atoms with van der Waals surface area (Å²) in [5.41, 5.74) is 0.862. The van der Waals surface area contributed by atoms with Crippen LogP contribution in [0.5, 0.6) is 0 Å². The average molecular weight is 579 g/mol. The highest BCUT2D eigenvalue weighted by molar-refractivity contribution is 7.81. The minimum absolute atomic E-state index is 0.00626. The van der Waals surface area contributed by atoms with Crippen molar-refractivity contribution in [2.24, 2.45) is 46.3 Å². The molecule has 38 heavy (non-hydrogen) atoms. The molecule has 11 heteroatoms. The molecule has 0 amide bonds. The normalized spacial score (nSPS) is 40.3. The van der Waals surface area contributed by atoms with Crippen LogP contribution in [-0.4, -0.2) is 49.9 Å². The molecule has 0 bridgehead atoms. The topological polar surface area (TPSA) is 147 Å². The summed E-state index contributed by atoms with van der Waals surface area (Å²) >= 11 is 0. The maximum atomic E-state index is 11.5. The van der Waals surface area contributed by atoms with Gasteiger partial charge in [0.1, 0.15) is 6.10 Å². The fraction of sp³-hybridized carbons (Fsp3) is 0.926. The summed E-state index contributed by atoms with van der Waals surface area (Å²) in [5, 5.41) is 10.6. The Labute approximate surface area is 228 Å². The number of allylic oxidation sites excluding steroid dienone is 1. The van der Waals surface area contributed by atoms with Crippen LogP contribution >= 0.6 is 0 Å². The van der Waals surface area contributed by atoms with Crippen LogP contribution in [-0.2, 0) is 29.2 Å². The van der Waals surface area contributed by atoms with Crippen LogP contribution < -0.4 is 0 Å². The Morgan fingerprint density at radius 1 is 1.03 bits per heavy atom. The molecular weight excluding hydrogens is 532 g/mol. The summed E-state index contributed by atoms with van der Waals surface area (Å²) in [4.78, 5) is 0. The van der Waals surface area contributed by atoms with E-state index < -0.39 is 33.0 Å². The van der Waals surface area contributed by atoms with E-state index in [0.717, 1.165) is 56.9 Å². The Balaban J connectivity index is 1.55. The van der Waals surface area contributed by atoms with E-state index in [4.69, 9.17) is 8.37 Å². The van der Waals surface area contributed by atoms with Gasteiger partial charge in [-0.3, -0.25) is 9.11 Å². The minimum Gasteiger partial charge on any atom is -0.390 e. The molecule has 0 heterocycles. The van der Waals surface area contributed by atoms with Gasteiger partial charge in [-0.25, -0.2) is 8.37 Å². The molecule has 0 radical (unpaired) electrons. The molecule has 4 aliphatic carbocycles. The Hall–Kier alpha value is -0.560. The van der Waals surface area contributed by atoms with Gasteiger partial charge < -0.3 is 5.11 Å². The fourth-order valence-corrected chi connectivity index (χ4v) is 9.95. The molecule has 3 fully saturated rings. The SMILES string of the molecule is CC(C)CCC[C@@H](COS(=O)(=O)O)[C@H]1CCC2C3CC=C4C[C@H](O)C(OS(=O)(=O)O)C[C@]4(C)C3CC[C@@]21C. The lowest BCUT2D eigenvalue weighted by Gasteiger charge is -2.59. The Morgan fingerprint density at radius 2 is 1.74 bits per heavy atom. The summed E-state index contributed by atoms with van der Waals surface area (Å²) in [6.07, 6.45) is 8.77. The minimum atomic E-state index is -4.67. The highest BCUT2D eigenvalue weighted by atomic mass is 32.3. The van der Waals surface area contributed by atoms with Crippen LogP contribution in [0.1, 0.15) is 91.9 Å². The number of fused-ring (bicyclic) bond motifs is 5. The molecule has 0 spiro atoms. The predicted molar refractivity (Wildman–Crippen MR) is 143 cm³/mol. The van der Waals surface area contributed by atoms with Crippen molar-refractivity contribution < 1.29 is 39.4 Å². The summed E-state index contributed by atoms with van der Waals surface area (Å²) in [7, 11) is -9.18. The molecule has 9 nitrogen and oxygen atoms in total. The summed E-state index contributed by atoms with van der Waals surface area (Å²) in [6, 6.07) is 0. The second-order valence-corrected chi connectivity index (χ2v) is 15.5. The number of hydrogen-bond acceptors (Lipinski definition) is 7. The van der Waals surface area contributed by atoms with Crippen molar-refractivity contribution in [1.29, 1.82) is 0 Å². The molecule has 9 atom stereocenters.